The molecule has 2 amide bonds. The van der Waals surface area contributed by atoms with Crippen LogP contribution in [0.5, 0.6) is 0 Å². The number of amides is 2. The molecule has 1 heterocycles. The molecule has 1 rings (SSSR count). The minimum atomic E-state index is -1.02. The maximum absolute atomic E-state index is 11.8. The van der Waals surface area contributed by atoms with Gasteiger partial charge in [-0.2, -0.15) is 0 Å². The van der Waals surface area contributed by atoms with E-state index >= 15 is 0 Å². The lowest BCUT2D eigenvalue weighted by atomic mass is 10.2. The average Bonchev–Trinajstić information content (AvgIpc) is 2.70. The highest BCUT2D eigenvalue weighted by atomic mass is 79.9. The summed E-state index contributed by atoms with van der Waals surface area (Å²) in [6.45, 7) is 2.17. The van der Waals surface area contributed by atoms with Gasteiger partial charge in [0.2, 0.25) is 0 Å². The number of carbonyl (C=O) groups is 2. The van der Waals surface area contributed by atoms with Gasteiger partial charge in [0, 0.05) is 13.6 Å². The first kappa shape index (κ1) is 15.0. The largest absolute Gasteiger partial charge is 0.480 e. The summed E-state index contributed by atoms with van der Waals surface area (Å²) < 4.78 is 1.00. The Bertz CT molecular complexity index is 436. The molecule has 7 heteroatoms. The molecule has 1 aromatic rings. The van der Waals surface area contributed by atoms with Crippen LogP contribution >= 0.6 is 27.3 Å². The Balaban J connectivity index is 2.53. The molecule has 0 aromatic carbocycles. The highest BCUT2D eigenvalue weighted by Crippen LogP contribution is 2.21. The van der Waals surface area contributed by atoms with E-state index in [4.69, 9.17) is 5.11 Å². The number of hydrogen-bond donors (Lipinski definition) is 2. The van der Waals surface area contributed by atoms with Gasteiger partial charge >= 0.3 is 12.0 Å². The van der Waals surface area contributed by atoms with E-state index in [0.29, 0.717) is 13.0 Å². The lowest BCUT2D eigenvalue weighted by Crippen LogP contribution is -2.46. The van der Waals surface area contributed by atoms with Gasteiger partial charge in [0.25, 0.3) is 0 Å². The quantitative estimate of drug-likeness (QED) is 0.869. The van der Waals surface area contributed by atoms with Gasteiger partial charge in [-0.3, -0.25) is 0 Å². The average molecular weight is 335 g/mol. The number of halogens is 1. The van der Waals surface area contributed by atoms with Crippen LogP contribution in [0, 0.1) is 0 Å². The molecular weight excluding hydrogens is 320 g/mol. The van der Waals surface area contributed by atoms with Crippen molar-refractivity contribution in [2.24, 2.45) is 0 Å². The lowest BCUT2D eigenvalue weighted by Gasteiger charge is -2.20. The minimum Gasteiger partial charge on any atom is -0.480 e. The molecule has 100 valence electrons. The Labute approximate surface area is 118 Å². The van der Waals surface area contributed by atoms with Crippen molar-refractivity contribution < 1.29 is 14.7 Å². The standard InChI is InChI=1S/C11H15BrN2O3S/c1-3-8(10(15)16)13-11(17)14(2)5-7-4-9(12)18-6-7/h4,6,8H,3,5H2,1-2H3,(H,13,17)(H,15,16)/t8-/m1/s1. The van der Waals surface area contributed by atoms with Crippen LogP contribution in [0.1, 0.15) is 18.9 Å². The van der Waals surface area contributed by atoms with E-state index < -0.39 is 12.0 Å². The van der Waals surface area contributed by atoms with Gasteiger partial charge in [0.15, 0.2) is 0 Å². The summed E-state index contributed by atoms with van der Waals surface area (Å²) in [5, 5.41) is 13.3. The Morgan fingerprint density at radius 2 is 2.28 bits per heavy atom. The van der Waals surface area contributed by atoms with Crippen molar-refractivity contribution in [1.82, 2.24) is 10.2 Å². The van der Waals surface area contributed by atoms with Crippen molar-refractivity contribution in [2.45, 2.75) is 25.9 Å². The predicted molar refractivity (Wildman–Crippen MR) is 73.7 cm³/mol. The van der Waals surface area contributed by atoms with E-state index in [9.17, 15) is 9.59 Å². The van der Waals surface area contributed by atoms with Gasteiger partial charge in [-0.15, -0.1) is 11.3 Å². The molecule has 0 spiro atoms. The van der Waals surface area contributed by atoms with Crippen LogP contribution < -0.4 is 5.32 Å². The third-order valence-electron chi connectivity index (χ3n) is 2.39. The molecule has 0 unspecified atom stereocenters. The molecule has 0 aliphatic rings. The molecular formula is C11H15BrN2O3S. The van der Waals surface area contributed by atoms with Crippen LogP contribution in [0.4, 0.5) is 4.79 Å². The molecule has 0 aliphatic carbocycles. The van der Waals surface area contributed by atoms with Crippen LogP contribution in [-0.2, 0) is 11.3 Å². The minimum absolute atomic E-state index is 0.360. The number of nitrogens with one attached hydrogen (secondary N) is 1. The van der Waals surface area contributed by atoms with Crippen molar-refractivity contribution in [3.8, 4) is 0 Å². The molecule has 0 fully saturated rings. The third-order valence-corrected chi connectivity index (χ3v) is 3.95. The zero-order valence-corrected chi connectivity index (χ0v) is 12.5. The Morgan fingerprint density at radius 3 is 2.72 bits per heavy atom. The number of hydrogen-bond acceptors (Lipinski definition) is 3. The fourth-order valence-electron chi connectivity index (χ4n) is 1.37. The number of carboxylic acids is 1. The molecule has 1 atom stereocenters. The Kier molecular flexibility index (Phi) is 5.61. The van der Waals surface area contributed by atoms with Crippen LogP contribution in [0.25, 0.3) is 0 Å². The smallest absolute Gasteiger partial charge is 0.326 e. The molecule has 0 bridgehead atoms. The van der Waals surface area contributed by atoms with E-state index in [0.717, 1.165) is 9.35 Å². The first-order chi connectivity index (χ1) is 8.43. The monoisotopic (exact) mass is 334 g/mol. The molecule has 0 aliphatic heterocycles. The fraction of sp³-hybridized carbons (Fsp3) is 0.455. The fourth-order valence-corrected chi connectivity index (χ4v) is 2.57. The van der Waals surface area contributed by atoms with Crippen molar-refractivity contribution in [3.63, 3.8) is 0 Å². The van der Waals surface area contributed by atoms with Gasteiger partial charge in [0.1, 0.15) is 6.04 Å². The maximum Gasteiger partial charge on any atom is 0.326 e. The second-order valence-electron chi connectivity index (χ2n) is 3.86. The molecule has 0 radical (unpaired) electrons. The van der Waals surface area contributed by atoms with Crippen LogP contribution in [0.2, 0.25) is 0 Å². The van der Waals surface area contributed by atoms with Gasteiger partial charge in [-0.25, -0.2) is 9.59 Å². The summed E-state index contributed by atoms with van der Waals surface area (Å²) in [6, 6.07) is 0.712. The Morgan fingerprint density at radius 1 is 1.61 bits per heavy atom. The number of thiophene rings is 1. The molecule has 1 aromatic heterocycles. The summed E-state index contributed by atoms with van der Waals surface area (Å²) in [4.78, 5) is 24.0. The van der Waals surface area contributed by atoms with E-state index in [1.165, 1.54) is 4.90 Å². The number of carbonyl (C=O) groups excluding carboxylic acids is 1. The van der Waals surface area contributed by atoms with Crippen molar-refractivity contribution in [3.05, 3.63) is 20.8 Å². The maximum atomic E-state index is 11.8. The second-order valence-corrected chi connectivity index (χ2v) is 6.15. The van der Waals surface area contributed by atoms with E-state index in [1.807, 2.05) is 11.4 Å². The number of rotatable bonds is 5. The van der Waals surface area contributed by atoms with Gasteiger partial charge in [-0.05, 0) is 39.4 Å². The van der Waals surface area contributed by atoms with E-state index in [1.54, 1.807) is 25.3 Å². The molecule has 5 nitrogen and oxygen atoms in total. The molecule has 0 saturated carbocycles. The molecule has 18 heavy (non-hydrogen) atoms. The first-order valence-corrected chi connectivity index (χ1v) is 7.08. The Hall–Kier alpha value is -1.08. The molecule has 2 N–H and O–H groups in total. The SMILES string of the molecule is CC[C@@H](NC(=O)N(C)Cc1csc(Br)c1)C(=O)O. The number of nitrogens with zero attached hydrogens (tertiary/aromatic N) is 1. The third kappa shape index (κ3) is 4.30. The highest BCUT2D eigenvalue weighted by Gasteiger charge is 2.19. The lowest BCUT2D eigenvalue weighted by molar-refractivity contribution is -0.139. The van der Waals surface area contributed by atoms with Crippen molar-refractivity contribution in [1.29, 1.82) is 0 Å². The summed E-state index contributed by atoms with van der Waals surface area (Å²) in [5.41, 5.74) is 1.01. The summed E-state index contributed by atoms with van der Waals surface area (Å²) in [5.74, 6) is -1.02. The zero-order chi connectivity index (χ0) is 13.7. The second kappa shape index (κ2) is 6.75. The summed E-state index contributed by atoms with van der Waals surface area (Å²) in [6.07, 6.45) is 0.360. The van der Waals surface area contributed by atoms with Crippen LogP contribution in [0.15, 0.2) is 15.2 Å². The van der Waals surface area contributed by atoms with E-state index in [2.05, 4.69) is 21.2 Å². The summed E-state index contributed by atoms with van der Waals surface area (Å²) in [7, 11) is 1.63. The number of aliphatic carboxylic acids is 1. The highest BCUT2D eigenvalue weighted by molar-refractivity contribution is 9.11. The van der Waals surface area contributed by atoms with Gasteiger partial charge in [0.05, 0.1) is 3.79 Å². The zero-order valence-electron chi connectivity index (χ0n) is 10.1. The van der Waals surface area contributed by atoms with Crippen LogP contribution in [-0.4, -0.2) is 35.1 Å². The van der Waals surface area contributed by atoms with Crippen molar-refractivity contribution in [2.75, 3.05) is 7.05 Å². The van der Waals surface area contributed by atoms with E-state index in [-0.39, 0.29) is 6.03 Å². The number of urea groups is 1. The van der Waals surface area contributed by atoms with Crippen LogP contribution in [0.3, 0.4) is 0 Å². The first-order valence-electron chi connectivity index (χ1n) is 5.41. The predicted octanol–water partition coefficient (Wildman–Crippen LogP) is 2.52. The van der Waals surface area contributed by atoms with Crippen molar-refractivity contribution >= 4 is 39.3 Å². The van der Waals surface area contributed by atoms with Gasteiger partial charge < -0.3 is 15.3 Å². The molecule has 0 saturated heterocycles. The summed E-state index contributed by atoms with van der Waals surface area (Å²) >= 11 is 4.90. The normalized spacial score (nSPS) is 11.9. The van der Waals surface area contributed by atoms with Gasteiger partial charge in [-0.1, -0.05) is 6.92 Å². The topological polar surface area (TPSA) is 69.6 Å². The number of carboxylic acid groups (broad SMARTS) is 1.